The van der Waals surface area contributed by atoms with Crippen LogP contribution in [0.3, 0.4) is 0 Å². The molecule has 140 valence electrons. The van der Waals surface area contributed by atoms with Crippen LogP contribution in [0.15, 0.2) is 4.79 Å². The maximum absolute atomic E-state index is 15.0. The van der Waals surface area contributed by atoms with Gasteiger partial charge in [-0.25, -0.2) is 12.0 Å². The second kappa shape index (κ2) is 6.49. The number of halogens is 3. The number of aromatic nitrogens is 2. The third kappa shape index (κ3) is 2.60. The molecule has 0 radical (unpaired) electrons. The average molecular weight is 493 g/mol. The van der Waals surface area contributed by atoms with E-state index in [-0.39, 0.29) is 28.4 Å². The summed E-state index contributed by atoms with van der Waals surface area (Å²) in [6.07, 6.45) is 0.728. The molecule has 9 heteroatoms. The first-order valence-electron chi connectivity index (χ1n) is 8.51. The van der Waals surface area contributed by atoms with Gasteiger partial charge >= 0.3 is 5.69 Å². The predicted molar refractivity (Wildman–Crippen MR) is 108 cm³/mol. The molecule has 3 heterocycles. The van der Waals surface area contributed by atoms with Crippen molar-refractivity contribution in [3.8, 4) is 5.75 Å². The Hall–Kier alpha value is -1.13. The Balaban J connectivity index is 2.12. The van der Waals surface area contributed by atoms with Crippen LogP contribution in [0.4, 0.5) is 10.2 Å². The normalized spacial score (nSPS) is 23.4. The van der Waals surface area contributed by atoms with Crippen LogP contribution in [0, 0.1) is 12.7 Å². The lowest BCUT2D eigenvalue weighted by molar-refractivity contribution is 0.199. The van der Waals surface area contributed by atoms with Crippen LogP contribution in [0.5, 0.6) is 5.75 Å². The number of anilines is 1. The number of fused-ring (bicyclic) bond motifs is 2. The zero-order chi connectivity index (χ0) is 18.7. The molecule has 0 spiro atoms. The van der Waals surface area contributed by atoms with E-state index in [9.17, 15) is 9.18 Å². The minimum absolute atomic E-state index is 0.132. The van der Waals surface area contributed by atoms with Gasteiger partial charge in [-0.3, -0.25) is 0 Å². The molecular weight excluding hydrogens is 474 g/mol. The van der Waals surface area contributed by atoms with E-state index in [1.807, 2.05) is 22.9 Å². The van der Waals surface area contributed by atoms with Gasteiger partial charge in [0.05, 0.1) is 45.4 Å². The fourth-order valence-electron chi connectivity index (χ4n) is 4.10. The second-order valence-electron chi connectivity index (χ2n) is 7.07. The highest BCUT2D eigenvalue weighted by Crippen LogP contribution is 2.44. The van der Waals surface area contributed by atoms with Crippen molar-refractivity contribution in [3.63, 3.8) is 0 Å². The molecule has 1 saturated heterocycles. The van der Waals surface area contributed by atoms with Crippen LogP contribution < -0.4 is 15.3 Å². The lowest BCUT2D eigenvalue weighted by Gasteiger charge is -2.46. The van der Waals surface area contributed by atoms with Crippen molar-refractivity contribution >= 4 is 51.2 Å². The van der Waals surface area contributed by atoms with Gasteiger partial charge in [0, 0.05) is 37.2 Å². The highest BCUT2D eigenvalue weighted by atomic mass is 127. The van der Waals surface area contributed by atoms with Crippen LogP contribution in [0.1, 0.15) is 18.9 Å². The topological polar surface area (TPSA) is 50.6 Å². The first-order chi connectivity index (χ1) is 12.3. The third-order valence-corrected chi connectivity index (χ3v) is 6.59. The van der Waals surface area contributed by atoms with Gasteiger partial charge in [-0.05, 0) is 20.9 Å². The van der Waals surface area contributed by atoms with Gasteiger partial charge in [0.1, 0.15) is 5.82 Å². The Kier molecular flexibility index (Phi) is 4.55. The predicted octanol–water partition coefficient (Wildman–Crippen LogP) is 2.99. The number of benzene rings is 1. The Morgan fingerprint density at radius 1 is 1.38 bits per heavy atom. The smallest absolute Gasteiger partial charge is 0.359 e. The minimum Gasteiger partial charge on any atom is -0.490 e. The number of nitrogens with zero attached hydrogens (tertiary/aromatic N) is 4. The second-order valence-corrected chi connectivity index (χ2v) is 8.42. The van der Waals surface area contributed by atoms with Crippen molar-refractivity contribution in [2.75, 3.05) is 31.6 Å². The fourth-order valence-corrected chi connectivity index (χ4v) is 5.10. The Labute approximate surface area is 169 Å². The maximum Gasteiger partial charge on any atom is 0.359 e. The zero-order valence-electron chi connectivity index (χ0n) is 14.7. The average Bonchev–Trinajstić information content (AvgIpc) is 2.56. The van der Waals surface area contributed by atoms with Crippen molar-refractivity contribution in [3.05, 3.63) is 26.9 Å². The van der Waals surface area contributed by atoms with Gasteiger partial charge in [-0.2, -0.15) is 4.98 Å². The highest BCUT2D eigenvalue weighted by molar-refractivity contribution is 14.1. The lowest BCUT2D eigenvalue weighted by atomic mass is 10.0. The molecule has 1 aromatic carbocycles. The summed E-state index contributed by atoms with van der Waals surface area (Å²) in [6.45, 7) is 5.76. The largest absolute Gasteiger partial charge is 0.490 e. The van der Waals surface area contributed by atoms with E-state index in [2.05, 4.69) is 28.8 Å². The molecular formula is C17H19ClFIN4O2. The summed E-state index contributed by atoms with van der Waals surface area (Å²) >= 11 is 8.31. The summed E-state index contributed by atoms with van der Waals surface area (Å²) in [5.74, 6) is 0.124. The van der Waals surface area contributed by atoms with E-state index in [1.54, 1.807) is 6.92 Å². The van der Waals surface area contributed by atoms with E-state index in [4.69, 9.17) is 16.3 Å². The number of likely N-dealkylation sites (N-methyl/N-ethyl adjacent to an activating group) is 1. The monoisotopic (exact) mass is 492 g/mol. The maximum atomic E-state index is 15.0. The number of ether oxygens (including phenoxy) is 1. The molecule has 0 bridgehead atoms. The van der Waals surface area contributed by atoms with Gasteiger partial charge in [0.15, 0.2) is 11.6 Å². The summed E-state index contributed by atoms with van der Waals surface area (Å²) in [5.41, 5.74) is 0.319. The molecule has 4 rings (SSSR count). The lowest BCUT2D eigenvalue weighted by Crippen LogP contribution is -2.58. The summed E-state index contributed by atoms with van der Waals surface area (Å²) in [7, 11) is 2.08. The minimum atomic E-state index is -0.485. The molecule has 1 aromatic heterocycles. The molecule has 2 aliphatic heterocycles. The molecule has 2 aliphatic rings. The van der Waals surface area contributed by atoms with Crippen LogP contribution in [0.25, 0.3) is 10.9 Å². The number of piperazine rings is 1. The van der Waals surface area contributed by atoms with Gasteiger partial charge in [0.2, 0.25) is 0 Å². The molecule has 2 atom stereocenters. The number of hydrogen-bond acceptors (Lipinski definition) is 5. The van der Waals surface area contributed by atoms with E-state index in [1.165, 1.54) is 2.78 Å². The van der Waals surface area contributed by atoms with Crippen LogP contribution in [0.2, 0.25) is 5.02 Å². The van der Waals surface area contributed by atoms with Crippen LogP contribution in [-0.2, 0) is 0 Å². The van der Waals surface area contributed by atoms with E-state index in [0.717, 1.165) is 19.5 Å². The van der Waals surface area contributed by atoms with Gasteiger partial charge in [0.25, 0.3) is 0 Å². The molecule has 0 aliphatic carbocycles. The van der Waals surface area contributed by atoms with E-state index >= 15 is 0 Å². The van der Waals surface area contributed by atoms with Crippen LogP contribution in [-0.4, -0.2) is 51.5 Å². The zero-order valence-corrected chi connectivity index (χ0v) is 17.6. The van der Waals surface area contributed by atoms with E-state index < -0.39 is 11.5 Å². The Bertz CT molecular complexity index is 966. The van der Waals surface area contributed by atoms with E-state index in [0.29, 0.717) is 23.3 Å². The molecule has 26 heavy (non-hydrogen) atoms. The first-order valence-corrected chi connectivity index (χ1v) is 9.85. The molecule has 2 aromatic rings. The summed E-state index contributed by atoms with van der Waals surface area (Å²) in [4.78, 5) is 21.3. The van der Waals surface area contributed by atoms with Crippen molar-refractivity contribution in [1.82, 2.24) is 12.7 Å². The standard InChI is InChI=1S/C17H19ClFIN4O2/c1-8-6-22(3)7-10-4-5-26-15-11-14(12(18)9(2)13(15)19)24(20)17(25)21-16(11)23(8)10/h8,10H,4-7H2,1-3H3. The highest BCUT2D eigenvalue weighted by Gasteiger charge is 2.36. The molecule has 2 unspecified atom stereocenters. The number of rotatable bonds is 0. The molecule has 0 amide bonds. The molecule has 6 nitrogen and oxygen atoms in total. The Morgan fingerprint density at radius 2 is 2.12 bits per heavy atom. The first kappa shape index (κ1) is 18.2. The number of hydrogen-bond donors (Lipinski definition) is 0. The molecule has 0 saturated carbocycles. The third-order valence-electron chi connectivity index (χ3n) is 5.23. The van der Waals surface area contributed by atoms with Gasteiger partial charge in [-0.15, -0.1) is 0 Å². The summed E-state index contributed by atoms with van der Waals surface area (Å²) in [5, 5.41) is 0.701. The van der Waals surface area contributed by atoms with Crippen molar-refractivity contribution in [2.45, 2.75) is 32.4 Å². The summed E-state index contributed by atoms with van der Waals surface area (Å²) < 4.78 is 22.2. The van der Waals surface area contributed by atoms with Crippen molar-refractivity contribution in [1.29, 1.82) is 0 Å². The van der Waals surface area contributed by atoms with Gasteiger partial charge in [-0.1, -0.05) is 11.6 Å². The van der Waals surface area contributed by atoms with Gasteiger partial charge < -0.3 is 14.5 Å². The Morgan fingerprint density at radius 3 is 2.85 bits per heavy atom. The summed E-state index contributed by atoms with van der Waals surface area (Å²) in [6, 6.07) is 0.271. The molecule has 0 N–H and O–H groups in total. The fraction of sp³-hybridized carbons (Fsp3) is 0.529. The van der Waals surface area contributed by atoms with Crippen molar-refractivity contribution < 1.29 is 9.13 Å². The van der Waals surface area contributed by atoms with Crippen molar-refractivity contribution in [2.24, 2.45) is 0 Å². The SMILES string of the molecule is Cc1c(F)c2c3c(nc(=O)n(I)c3c1Cl)N1C(C)CN(C)CC1CCO2. The molecule has 1 fully saturated rings. The van der Waals surface area contributed by atoms with Crippen LogP contribution >= 0.6 is 34.5 Å². The quantitative estimate of drug-likeness (QED) is 0.529.